The molecule has 2 N–H and O–H groups in total. The molecule has 0 aliphatic carbocycles. The van der Waals surface area contributed by atoms with Gasteiger partial charge >= 0.3 is 0 Å². The van der Waals surface area contributed by atoms with Gasteiger partial charge in [0.2, 0.25) is 0 Å². The number of ether oxygens (including phenoxy) is 1. The van der Waals surface area contributed by atoms with Crippen molar-refractivity contribution in [3.63, 3.8) is 0 Å². The van der Waals surface area contributed by atoms with E-state index >= 15 is 0 Å². The molecule has 0 fully saturated rings. The van der Waals surface area contributed by atoms with Gasteiger partial charge in [-0.1, -0.05) is 19.1 Å². The standard InChI is InChI=1S/C11H17NO2/c1-3-12-8-9-6-5-7-10(11(9)13)14-4-2/h5-7,12-13H,3-4,8H2,1-2H3. The second-order valence-electron chi connectivity index (χ2n) is 2.98. The van der Waals surface area contributed by atoms with Gasteiger partial charge in [-0.05, 0) is 19.5 Å². The van der Waals surface area contributed by atoms with Crippen LogP contribution in [0.25, 0.3) is 0 Å². The summed E-state index contributed by atoms with van der Waals surface area (Å²) in [6.07, 6.45) is 0. The number of aromatic hydroxyl groups is 1. The average molecular weight is 195 g/mol. The molecule has 1 aromatic carbocycles. The lowest BCUT2D eigenvalue weighted by molar-refractivity contribution is 0.316. The SMILES string of the molecule is CCNCc1cccc(OCC)c1O. The first-order valence-electron chi connectivity index (χ1n) is 4.94. The molecule has 0 unspecified atom stereocenters. The minimum Gasteiger partial charge on any atom is -0.504 e. The van der Waals surface area contributed by atoms with Crippen molar-refractivity contribution < 1.29 is 9.84 Å². The summed E-state index contributed by atoms with van der Waals surface area (Å²) in [6, 6.07) is 5.55. The maximum Gasteiger partial charge on any atom is 0.162 e. The van der Waals surface area contributed by atoms with Crippen LogP contribution in [-0.4, -0.2) is 18.3 Å². The zero-order chi connectivity index (χ0) is 10.4. The molecule has 0 aliphatic heterocycles. The van der Waals surface area contributed by atoms with Crippen LogP contribution in [0.1, 0.15) is 19.4 Å². The molecule has 0 aliphatic rings. The van der Waals surface area contributed by atoms with E-state index in [1.807, 2.05) is 26.0 Å². The van der Waals surface area contributed by atoms with E-state index in [-0.39, 0.29) is 5.75 Å². The zero-order valence-corrected chi connectivity index (χ0v) is 8.71. The van der Waals surface area contributed by atoms with Crippen molar-refractivity contribution in [2.24, 2.45) is 0 Å². The number of benzene rings is 1. The van der Waals surface area contributed by atoms with Crippen LogP contribution in [0.4, 0.5) is 0 Å². The number of phenolic OH excluding ortho intramolecular Hbond substituents is 1. The van der Waals surface area contributed by atoms with Crippen LogP contribution in [0.3, 0.4) is 0 Å². The molecule has 1 aromatic rings. The lowest BCUT2D eigenvalue weighted by Crippen LogP contribution is -2.11. The van der Waals surface area contributed by atoms with Gasteiger partial charge in [0.1, 0.15) is 0 Å². The molecule has 3 heteroatoms. The predicted octanol–water partition coefficient (Wildman–Crippen LogP) is 1.90. The van der Waals surface area contributed by atoms with Gasteiger partial charge in [-0.25, -0.2) is 0 Å². The Balaban J connectivity index is 2.78. The second-order valence-corrected chi connectivity index (χ2v) is 2.98. The number of phenols is 1. The highest BCUT2D eigenvalue weighted by molar-refractivity contribution is 5.45. The molecular formula is C11H17NO2. The van der Waals surface area contributed by atoms with Crippen LogP contribution < -0.4 is 10.1 Å². The fourth-order valence-electron chi connectivity index (χ4n) is 1.24. The Kier molecular flexibility index (Phi) is 4.26. The summed E-state index contributed by atoms with van der Waals surface area (Å²) in [5.74, 6) is 0.804. The minimum absolute atomic E-state index is 0.246. The highest BCUT2D eigenvalue weighted by Crippen LogP contribution is 2.29. The monoisotopic (exact) mass is 195 g/mol. The topological polar surface area (TPSA) is 41.5 Å². The van der Waals surface area contributed by atoms with Crippen molar-refractivity contribution in [2.75, 3.05) is 13.2 Å². The predicted molar refractivity (Wildman–Crippen MR) is 56.7 cm³/mol. The zero-order valence-electron chi connectivity index (χ0n) is 8.71. The Morgan fingerprint density at radius 2 is 2.14 bits per heavy atom. The molecule has 0 amide bonds. The second kappa shape index (κ2) is 5.50. The van der Waals surface area contributed by atoms with E-state index in [1.165, 1.54) is 0 Å². The fraction of sp³-hybridized carbons (Fsp3) is 0.455. The summed E-state index contributed by atoms with van der Waals surface area (Å²) in [7, 11) is 0. The van der Waals surface area contributed by atoms with Crippen LogP contribution in [0.2, 0.25) is 0 Å². The van der Waals surface area contributed by atoms with Crippen molar-refractivity contribution in [1.29, 1.82) is 0 Å². The third kappa shape index (κ3) is 2.64. The van der Waals surface area contributed by atoms with Gasteiger partial charge in [0.05, 0.1) is 6.61 Å². The smallest absolute Gasteiger partial charge is 0.162 e. The largest absolute Gasteiger partial charge is 0.504 e. The van der Waals surface area contributed by atoms with Crippen LogP contribution in [0.15, 0.2) is 18.2 Å². The first kappa shape index (κ1) is 10.9. The molecule has 0 bridgehead atoms. The maximum atomic E-state index is 9.78. The third-order valence-electron chi connectivity index (χ3n) is 1.95. The van der Waals surface area contributed by atoms with Crippen molar-refractivity contribution in [1.82, 2.24) is 5.32 Å². The molecule has 78 valence electrons. The van der Waals surface area contributed by atoms with Crippen molar-refractivity contribution >= 4 is 0 Å². The van der Waals surface area contributed by atoms with Gasteiger partial charge in [0, 0.05) is 12.1 Å². The van der Waals surface area contributed by atoms with E-state index in [0.29, 0.717) is 18.9 Å². The van der Waals surface area contributed by atoms with E-state index in [2.05, 4.69) is 5.32 Å². The molecule has 0 atom stereocenters. The molecule has 1 rings (SSSR count). The lowest BCUT2D eigenvalue weighted by atomic mass is 10.2. The van der Waals surface area contributed by atoms with Gasteiger partial charge in [-0.15, -0.1) is 0 Å². The summed E-state index contributed by atoms with van der Waals surface area (Å²) in [6.45, 7) is 6.06. The maximum absolute atomic E-state index is 9.78. The minimum atomic E-state index is 0.246. The molecule has 0 saturated heterocycles. The van der Waals surface area contributed by atoms with Crippen LogP contribution >= 0.6 is 0 Å². The highest BCUT2D eigenvalue weighted by Gasteiger charge is 2.06. The molecular weight excluding hydrogens is 178 g/mol. The summed E-state index contributed by atoms with van der Waals surface area (Å²) in [5, 5.41) is 12.9. The van der Waals surface area contributed by atoms with Gasteiger partial charge in [0.15, 0.2) is 11.5 Å². The van der Waals surface area contributed by atoms with Gasteiger partial charge < -0.3 is 15.2 Å². The Bertz CT molecular complexity index is 287. The van der Waals surface area contributed by atoms with Gasteiger partial charge in [-0.3, -0.25) is 0 Å². The molecule has 0 spiro atoms. The Hall–Kier alpha value is -1.22. The van der Waals surface area contributed by atoms with Crippen LogP contribution in [0, 0.1) is 0 Å². The lowest BCUT2D eigenvalue weighted by Gasteiger charge is -2.09. The molecule has 0 radical (unpaired) electrons. The number of nitrogens with one attached hydrogen (secondary N) is 1. The Morgan fingerprint density at radius 3 is 2.79 bits per heavy atom. The summed E-state index contributed by atoms with van der Waals surface area (Å²) in [5.41, 5.74) is 0.873. The molecule has 3 nitrogen and oxygen atoms in total. The van der Waals surface area contributed by atoms with E-state index in [4.69, 9.17) is 4.74 Å². The van der Waals surface area contributed by atoms with Crippen LogP contribution in [0.5, 0.6) is 11.5 Å². The van der Waals surface area contributed by atoms with E-state index < -0.39 is 0 Å². The van der Waals surface area contributed by atoms with Crippen molar-refractivity contribution in [2.45, 2.75) is 20.4 Å². The fourth-order valence-corrected chi connectivity index (χ4v) is 1.24. The number of para-hydroxylation sites is 1. The Morgan fingerprint density at radius 1 is 1.36 bits per heavy atom. The summed E-state index contributed by atoms with van der Waals surface area (Å²) < 4.78 is 5.28. The molecule has 14 heavy (non-hydrogen) atoms. The molecule has 0 aromatic heterocycles. The molecule has 0 saturated carbocycles. The van der Waals surface area contributed by atoms with Crippen LogP contribution in [-0.2, 0) is 6.54 Å². The number of hydrogen-bond acceptors (Lipinski definition) is 3. The first-order valence-corrected chi connectivity index (χ1v) is 4.94. The third-order valence-corrected chi connectivity index (χ3v) is 1.95. The number of rotatable bonds is 5. The normalized spacial score (nSPS) is 10.1. The average Bonchev–Trinajstić information content (AvgIpc) is 2.20. The van der Waals surface area contributed by atoms with E-state index in [1.54, 1.807) is 6.07 Å². The highest BCUT2D eigenvalue weighted by atomic mass is 16.5. The molecule has 0 heterocycles. The van der Waals surface area contributed by atoms with E-state index in [0.717, 1.165) is 12.1 Å². The quantitative estimate of drug-likeness (QED) is 0.754. The first-order chi connectivity index (χ1) is 6.79. The van der Waals surface area contributed by atoms with Gasteiger partial charge in [0.25, 0.3) is 0 Å². The number of hydrogen-bond donors (Lipinski definition) is 2. The summed E-state index contributed by atoms with van der Waals surface area (Å²) in [4.78, 5) is 0. The van der Waals surface area contributed by atoms with E-state index in [9.17, 15) is 5.11 Å². The van der Waals surface area contributed by atoms with Gasteiger partial charge in [-0.2, -0.15) is 0 Å². The van der Waals surface area contributed by atoms with Crippen molar-refractivity contribution in [3.8, 4) is 11.5 Å². The Labute approximate surface area is 84.7 Å². The van der Waals surface area contributed by atoms with Crippen molar-refractivity contribution in [3.05, 3.63) is 23.8 Å². The summed E-state index contributed by atoms with van der Waals surface area (Å²) >= 11 is 0.